The lowest BCUT2D eigenvalue weighted by Crippen LogP contribution is -2.13. The molecule has 2 N–H and O–H groups in total. The van der Waals surface area contributed by atoms with E-state index in [1.807, 2.05) is 13.0 Å². The molecular weight excluding hydrogens is 270 g/mol. The number of rotatable bonds is 3. The van der Waals surface area contributed by atoms with E-state index in [1.165, 1.54) is 17.5 Å². The summed E-state index contributed by atoms with van der Waals surface area (Å²) >= 11 is 4.94. The van der Waals surface area contributed by atoms with Crippen LogP contribution in [-0.4, -0.2) is 15.0 Å². The van der Waals surface area contributed by atoms with Crippen molar-refractivity contribution < 1.29 is 4.74 Å². The molecule has 0 saturated heterocycles. The zero-order valence-corrected chi connectivity index (χ0v) is 12.0. The zero-order chi connectivity index (χ0) is 14.1. The molecule has 0 bridgehead atoms. The summed E-state index contributed by atoms with van der Waals surface area (Å²) in [6, 6.07) is 8.16. The third-order valence-electron chi connectivity index (χ3n) is 3.37. The van der Waals surface area contributed by atoms with Crippen molar-refractivity contribution in [2.24, 2.45) is 5.73 Å². The largest absolute Gasteiger partial charge is 0.424 e. The van der Waals surface area contributed by atoms with Gasteiger partial charge in [0.25, 0.3) is 0 Å². The molecule has 1 aromatic heterocycles. The molecule has 1 heterocycles. The molecule has 5 heteroatoms. The summed E-state index contributed by atoms with van der Waals surface area (Å²) < 4.78 is 5.74. The van der Waals surface area contributed by atoms with Gasteiger partial charge in [-0.3, -0.25) is 0 Å². The van der Waals surface area contributed by atoms with Gasteiger partial charge in [-0.05, 0) is 55.5 Å². The Bertz CT molecular complexity index is 685. The highest BCUT2D eigenvalue weighted by molar-refractivity contribution is 7.80. The summed E-state index contributed by atoms with van der Waals surface area (Å²) in [6.07, 6.45) is 3.48. The van der Waals surface area contributed by atoms with Gasteiger partial charge in [-0.1, -0.05) is 18.3 Å². The van der Waals surface area contributed by atoms with Gasteiger partial charge in [0, 0.05) is 5.69 Å². The number of ether oxygens (including phenoxy) is 1. The number of nitrogens with two attached hydrogens (primary N) is 1. The molecule has 2 aromatic rings. The van der Waals surface area contributed by atoms with Crippen LogP contribution in [0.5, 0.6) is 11.8 Å². The molecule has 4 nitrogen and oxygen atoms in total. The van der Waals surface area contributed by atoms with Gasteiger partial charge in [0.2, 0.25) is 0 Å². The smallest absolute Gasteiger partial charge is 0.322 e. The van der Waals surface area contributed by atoms with E-state index >= 15 is 0 Å². The second kappa shape index (κ2) is 5.17. The number of aromatic nitrogens is 2. The summed E-state index contributed by atoms with van der Waals surface area (Å²) in [7, 11) is 0. The maximum Gasteiger partial charge on any atom is 0.322 e. The second-order valence-corrected chi connectivity index (χ2v) is 5.37. The predicted molar refractivity (Wildman–Crippen MR) is 81.2 cm³/mol. The van der Waals surface area contributed by atoms with Crippen molar-refractivity contribution in [2.45, 2.75) is 26.2 Å². The number of aryl methyl sites for hydroxylation is 3. The monoisotopic (exact) mass is 285 g/mol. The Morgan fingerprint density at radius 2 is 2.00 bits per heavy atom. The van der Waals surface area contributed by atoms with Crippen molar-refractivity contribution in [2.75, 3.05) is 0 Å². The van der Waals surface area contributed by atoms with E-state index in [0.29, 0.717) is 5.69 Å². The van der Waals surface area contributed by atoms with Crippen molar-refractivity contribution in [1.82, 2.24) is 9.97 Å². The molecule has 20 heavy (non-hydrogen) atoms. The number of benzene rings is 1. The molecule has 3 rings (SSSR count). The normalized spacial score (nSPS) is 13.1. The van der Waals surface area contributed by atoms with Crippen LogP contribution in [0.1, 0.15) is 28.9 Å². The molecule has 1 aromatic carbocycles. The standard InChI is InChI=1S/C15H15N3OS/c1-9-7-13(14(16)20)18-15(17-9)19-12-6-5-10-3-2-4-11(10)8-12/h5-8H,2-4H2,1H3,(H2,16,20). The fourth-order valence-corrected chi connectivity index (χ4v) is 2.53. The molecule has 0 aliphatic heterocycles. The Kier molecular flexibility index (Phi) is 3.36. The van der Waals surface area contributed by atoms with Crippen LogP contribution in [0.2, 0.25) is 0 Å². The van der Waals surface area contributed by atoms with Crippen LogP contribution in [0.15, 0.2) is 24.3 Å². The first-order valence-electron chi connectivity index (χ1n) is 6.57. The highest BCUT2D eigenvalue weighted by Crippen LogP contribution is 2.27. The first kappa shape index (κ1) is 13.0. The van der Waals surface area contributed by atoms with Gasteiger partial charge >= 0.3 is 6.01 Å². The maximum atomic E-state index is 5.74. The lowest BCUT2D eigenvalue weighted by atomic mass is 10.1. The molecular formula is C15H15N3OS. The van der Waals surface area contributed by atoms with Gasteiger partial charge < -0.3 is 10.5 Å². The fourth-order valence-electron chi connectivity index (χ4n) is 2.43. The van der Waals surface area contributed by atoms with Gasteiger partial charge in [0.15, 0.2) is 0 Å². The Balaban J connectivity index is 1.89. The SMILES string of the molecule is Cc1cc(C(N)=S)nc(Oc2ccc3c(c2)CCC3)n1. The molecule has 1 aliphatic rings. The molecule has 0 spiro atoms. The Morgan fingerprint density at radius 3 is 2.80 bits per heavy atom. The average molecular weight is 285 g/mol. The Hall–Kier alpha value is -2.01. The predicted octanol–water partition coefficient (Wildman–Crippen LogP) is 2.70. The molecule has 0 amide bonds. The molecule has 1 aliphatic carbocycles. The van der Waals surface area contributed by atoms with Crippen molar-refractivity contribution in [3.05, 3.63) is 46.8 Å². The first-order valence-corrected chi connectivity index (χ1v) is 6.98. The van der Waals surface area contributed by atoms with Gasteiger partial charge in [-0.15, -0.1) is 0 Å². The number of fused-ring (bicyclic) bond motifs is 1. The molecule has 0 unspecified atom stereocenters. The summed E-state index contributed by atoms with van der Waals surface area (Å²) in [4.78, 5) is 8.72. The average Bonchev–Trinajstić information content (AvgIpc) is 2.85. The van der Waals surface area contributed by atoms with Crippen molar-refractivity contribution >= 4 is 17.2 Å². The van der Waals surface area contributed by atoms with E-state index in [-0.39, 0.29) is 11.0 Å². The van der Waals surface area contributed by atoms with E-state index in [1.54, 1.807) is 6.07 Å². The third-order valence-corrected chi connectivity index (χ3v) is 3.57. The van der Waals surface area contributed by atoms with E-state index in [9.17, 15) is 0 Å². The number of nitrogens with zero attached hydrogens (tertiary/aromatic N) is 2. The van der Waals surface area contributed by atoms with Crippen LogP contribution in [0.3, 0.4) is 0 Å². The maximum absolute atomic E-state index is 5.74. The topological polar surface area (TPSA) is 61.0 Å². The first-order chi connectivity index (χ1) is 9.61. The van der Waals surface area contributed by atoms with E-state index in [0.717, 1.165) is 24.3 Å². The minimum atomic E-state index is 0.245. The third kappa shape index (κ3) is 2.63. The number of hydrogen-bond acceptors (Lipinski definition) is 4. The molecule has 0 radical (unpaired) electrons. The molecule has 102 valence electrons. The quantitative estimate of drug-likeness (QED) is 0.879. The fraction of sp³-hybridized carbons (Fsp3) is 0.267. The van der Waals surface area contributed by atoms with Crippen LogP contribution in [0.4, 0.5) is 0 Å². The van der Waals surface area contributed by atoms with Gasteiger partial charge in [0.05, 0.1) is 0 Å². The minimum Gasteiger partial charge on any atom is -0.424 e. The van der Waals surface area contributed by atoms with Gasteiger partial charge in [-0.25, -0.2) is 4.98 Å². The summed E-state index contributed by atoms with van der Waals surface area (Å²) in [5, 5.41) is 0. The Morgan fingerprint density at radius 1 is 1.20 bits per heavy atom. The van der Waals surface area contributed by atoms with Crippen LogP contribution in [0.25, 0.3) is 0 Å². The van der Waals surface area contributed by atoms with Crippen LogP contribution >= 0.6 is 12.2 Å². The number of hydrogen-bond donors (Lipinski definition) is 1. The van der Waals surface area contributed by atoms with Crippen molar-refractivity contribution in [3.63, 3.8) is 0 Å². The van der Waals surface area contributed by atoms with Crippen molar-refractivity contribution in [1.29, 1.82) is 0 Å². The molecule has 0 atom stereocenters. The Labute approximate surface area is 123 Å². The van der Waals surface area contributed by atoms with Crippen LogP contribution in [0, 0.1) is 6.92 Å². The number of thiocarbonyl (C=S) groups is 1. The summed E-state index contributed by atoms with van der Waals surface area (Å²) in [6.45, 7) is 1.86. The van der Waals surface area contributed by atoms with Crippen LogP contribution < -0.4 is 10.5 Å². The second-order valence-electron chi connectivity index (χ2n) is 4.93. The summed E-state index contributed by atoms with van der Waals surface area (Å²) in [5.74, 6) is 0.755. The van der Waals surface area contributed by atoms with E-state index < -0.39 is 0 Å². The lowest BCUT2D eigenvalue weighted by Gasteiger charge is -2.08. The van der Waals surface area contributed by atoms with E-state index in [4.69, 9.17) is 22.7 Å². The highest BCUT2D eigenvalue weighted by atomic mass is 32.1. The molecule has 0 fully saturated rings. The lowest BCUT2D eigenvalue weighted by molar-refractivity contribution is 0.439. The van der Waals surface area contributed by atoms with Gasteiger partial charge in [-0.2, -0.15) is 4.98 Å². The highest BCUT2D eigenvalue weighted by Gasteiger charge is 2.12. The molecule has 0 saturated carbocycles. The van der Waals surface area contributed by atoms with Crippen LogP contribution in [-0.2, 0) is 12.8 Å². The summed E-state index contributed by atoms with van der Waals surface area (Å²) in [5.41, 5.74) is 9.67. The zero-order valence-electron chi connectivity index (χ0n) is 11.2. The van der Waals surface area contributed by atoms with Gasteiger partial charge in [0.1, 0.15) is 16.4 Å². The minimum absolute atomic E-state index is 0.245. The van der Waals surface area contributed by atoms with E-state index in [2.05, 4.69) is 22.1 Å². The van der Waals surface area contributed by atoms with Crippen molar-refractivity contribution in [3.8, 4) is 11.8 Å².